The first-order valence-electron chi connectivity index (χ1n) is 7.58. The topological polar surface area (TPSA) is 41.6 Å². The fourth-order valence-corrected chi connectivity index (χ4v) is 3.12. The van der Waals surface area contributed by atoms with Crippen LogP contribution in [-0.2, 0) is 6.61 Å². The number of thiophene rings is 1. The minimum atomic E-state index is 0.0882. The Morgan fingerprint density at radius 1 is 1.23 bits per heavy atom. The number of ether oxygens (including phenoxy) is 1. The van der Waals surface area contributed by atoms with Gasteiger partial charge in [0.2, 0.25) is 0 Å². The largest absolute Gasteiger partial charge is 0.488 e. The summed E-state index contributed by atoms with van der Waals surface area (Å²) in [5.41, 5.74) is 0.700. The second kappa shape index (κ2) is 7.42. The summed E-state index contributed by atoms with van der Waals surface area (Å²) in [6.45, 7) is 3.96. The van der Waals surface area contributed by atoms with Crippen LogP contribution in [-0.4, -0.2) is 37.0 Å². The summed E-state index contributed by atoms with van der Waals surface area (Å²) in [5.74, 6) is 0.831. The molecule has 2 aromatic rings. The maximum absolute atomic E-state index is 12.6. The highest BCUT2D eigenvalue weighted by Crippen LogP contribution is 2.18. The van der Waals surface area contributed by atoms with Crippen LogP contribution in [0.15, 0.2) is 41.8 Å². The summed E-state index contributed by atoms with van der Waals surface area (Å²) >= 11 is 1.67. The van der Waals surface area contributed by atoms with Crippen molar-refractivity contribution in [1.82, 2.24) is 10.2 Å². The maximum Gasteiger partial charge on any atom is 0.254 e. The Bertz CT molecular complexity index is 605. The van der Waals surface area contributed by atoms with E-state index in [1.165, 1.54) is 4.88 Å². The Labute approximate surface area is 134 Å². The molecule has 2 heterocycles. The first-order chi connectivity index (χ1) is 10.8. The van der Waals surface area contributed by atoms with Crippen LogP contribution in [0.4, 0.5) is 0 Å². The van der Waals surface area contributed by atoms with E-state index in [0.29, 0.717) is 12.2 Å². The van der Waals surface area contributed by atoms with Crippen molar-refractivity contribution >= 4 is 17.2 Å². The number of hydrogen-bond donors (Lipinski definition) is 1. The van der Waals surface area contributed by atoms with E-state index < -0.39 is 0 Å². The quantitative estimate of drug-likeness (QED) is 0.943. The van der Waals surface area contributed by atoms with E-state index in [9.17, 15) is 4.79 Å². The first kappa shape index (κ1) is 15.1. The van der Waals surface area contributed by atoms with Crippen LogP contribution in [0, 0.1) is 0 Å². The molecular formula is C17H20N2O2S. The van der Waals surface area contributed by atoms with Gasteiger partial charge in [0.15, 0.2) is 0 Å². The Morgan fingerprint density at radius 2 is 2.18 bits per heavy atom. The Kier molecular flexibility index (Phi) is 5.08. The minimum absolute atomic E-state index is 0.0882. The van der Waals surface area contributed by atoms with Crippen molar-refractivity contribution in [3.05, 3.63) is 52.2 Å². The zero-order valence-corrected chi connectivity index (χ0v) is 13.3. The van der Waals surface area contributed by atoms with Crippen LogP contribution in [0.5, 0.6) is 5.75 Å². The number of carbonyl (C=O) groups excluding carboxylic acids is 1. The van der Waals surface area contributed by atoms with Crippen LogP contribution in [0.2, 0.25) is 0 Å². The van der Waals surface area contributed by atoms with E-state index in [0.717, 1.165) is 38.3 Å². The van der Waals surface area contributed by atoms with Crippen molar-refractivity contribution in [1.29, 1.82) is 0 Å². The Hall–Kier alpha value is -1.85. The molecule has 0 atom stereocenters. The summed E-state index contributed by atoms with van der Waals surface area (Å²) in [6.07, 6.45) is 1.00. The third kappa shape index (κ3) is 3.87. The number of nitrogens with one attached hydrogen (secondary N) is 1. The SMILES string of the molecule is O=C(c1cccc(OCc2cccs2)c1)N1CCCNCC1. The summed E-state index contributed by atoms with van der Waals surface area (Å²) < 4.78 is 5.78. The average Bonchev–Trinajstić information content (AvgIpc) is 2.93. The predicted octanol–water partition coefficient (Wildman–Crippen LogP) is 2.76. The van der Waals surface area contributed by atoms with Crippen LogP contribution >= 0.6 is 11.3 Å². The van der Waals surface area contributed by atoms with Gasteiger partial charge < -0.3 is 15.0 Å². The van der Waals surface area contributed by atoms with Gasteiger partial charge in [0.25, 0.3) is 5.91 Å². The third-order valence-corrected chi connectivity index (χ3v) is 4.52. The summed E-state index contributed by atoms with van der Waals surface area (Å²) in [7, 11) is 0. The van der Waals surface area contributed by atoms with Crippen molar-refractivity contribution < 1.29 is 9.53 Å². The van der Waals surface area contributed by atoms with E-state index in [1.54, 1.807) is 11.3 Å². The molecular weight excluding hydrogens is 296 g/mol. The summed E-state index contributed by atoms with van der Waals surface area (Å²) in [4.78, 5) is 15.7. The molecule has 1 amide bonds. The number of benzene rings is 1. The van der Waals surface area contributed by atoms with Crippen LogP contribution in [0.3, 0.4) is 0 Å². The van der Waals surface area contributed by atoms with Crippen LogP contribution in [0.25, 0.3) is 0 Å². The van der Waals surface area contributed by atoms with Crippen LogP contribution < -0.4 is 10.1 Å². The second-order valence-corrected chi connectivity index (χ2v) is 6.32. The van der Waals surface area contributed by atoms with Gasteiger partial charge in [-0.25, -0.2) is 0 Å². The first-order valence-corrected chi connectivity index (χ1v) is 8.46. The molecule has 1 aromatic carbocycles. The highest BCUT2D eigenvalue weighted by molar-refractivity contribution is 7.09. The molecule has 1 N–H and O–H groups in total. The molecule has 0 bridgehead atoms. The molecule has 1 aromatic heterocycles. The molecule has 1 aliphatic rings. The lowest BCUT2D eigenvalue weighted by molar-refractivity contribution is 0.0766. The van der Waals surface area contributed by atoms with Gasteiger partial charge in [-0.1, -0.05) is 12.1 Å². The molecule has 1 aliphatic heterocycles. The van der Waals surface area contributed by atoms with Crippen molar-refractivity contribution in [3.8, 4) is 5.75 Å². The third-order valence-electron chi connectivity index (χ3n) is 3.67. The zero-order valence-electron chi connectivity index (χ0n) is 12.5. The van der Waals surface area contributed by atoms with Gasteiger partial charge in [-0.2, -0.15) is 0 Å². The summed E-state index contributed by atoms with van der Waals surface area (Å²) in [5, 5.41) is 5.35. The molecule has 0 unspecified atom stereocenters. The number of amides is 1. The van der Waals surface area contributed by atoms with Gasteiger partial charge in [-0.05, 0) is 42.6 Å². The number of carbonyl (C=O) groups is 1. The van der Waals surface area contributed by atoms with Gasteiger partial charge in [0.1, 0.15) is 12.4 Å². The minimum Gasteiger partial charge on any atom is -0.488 e. The highest BCUT2D eigenvalue weighted by atomic mass is 32.1. The molecule has 1 fully saturated rings. The van der Waals surface area contributed by atoms with Gasteiger partial charge in [0, 0.05) is 30.1 Å². The maximum atomic E-state index is 12.6. The van der Waals surface area contributed by atoms with Crippen molar-refractivity contribution in [2.75, 3.05) is 26.2 Å². The average molecular weight is 316 g/mol. The lowest BCUT2D eigenvalue weighted by atomic mass is 10.2. The molecule has 22 heavy (non-hydrogen) atoms. The predicted molar refractivity (Wildman–Crippen MR) is 88.5 cm³/mol. The fourth-order valence-electron chi connectivity index (χ4n) is 2.50. The molecule has 116 valence electrons. The van der Waals surface area contributed by atoms with E-state index in [-0.39, 0.29) is 5.91 Å². The monoisotopic (exact) mass is 316 g/mol. The molecule has 0 radical (unpaired) electrons. The van der Waals surface area contributed by atoms with Crippen molar-refractivity contribution in [2.24, 2.45) is 0 Å². The molecule has 0 spiro atoms. The lowest BCUT2D eigenvalue weighted by Gasteiger charge is -2.20. The zero-order chi connectivity index (χ0) is 15.2. The Balaban J connectivity index is 1.65. The summed E-state index contributed by atoms with van der Waals surface area (Å²) in [6, 6.07) is 11.5. The molecule has 3 rings (SSSR count). The van der Waals surface area contributed by atoms with Gasteiger partial charge >= 0.3 is 0 Å². The van der Waals surface area contributed by atoms with Crippen molar-refractivity contribution in [3.63, 3.8) is 0 Å². The number of hydrogen-bond acceptors (Lipinski definition) is 4. The standard InChI is InChI=1S/C17H20N2O2S/c20-17(19-9-3-7-18-8-10-19)14-4-1-5-15(12-14)21-13-16-6-2-11-22-16/h1-2,4-6,11-12,18H,3,7-10,13H2. The smallest absolute Gasteiger partial charge is 0.254 e. The highest BCUT2D eigenvalue weighted by Gasteiger charge is 2.17. The van der Waals surface area contributed by atoms with Gasteiger partial charge in [-0.3, -0.25) is 4.79 Å². The second-order valence-electron chi connectivity index (χ2n) is 5.29. The number of nitrogens with zero attached hydrogens (tertiary/aromatic N) is 1. The van der Waals surface area contributed by atoms with E-state index >= 15 is 0 Å². The van der Waals surface area contributed by atoms with E-state index in [2.05, 4.69) is 5.32 Å². The van der Waals surface area contributed by atoms with Gasteiger partial charge in [0.05, 0.1) is 0 Å². The number of rotatable bonds is 4. The van der Waals surface area contributed by atoms with Crippen LogP contribution in [0.1, 0.15) is 21.7 Å². The molecule has 0 aliphatic carbocycles. The molecule has 1 saturated heterocycles. The molecule has 0 saturated carbocycles. The van der Waals surface area contributed by atoms with Gasteiger partial charge in [-0.15, -0.1) is 11.3 Å². The Morgan fingerprint density at radius 3 is 3.05 bits per heavy atom. The van der Waals surface area contributed by atoms with E-state index in [4.69, 9.17) is 4.74 Å². The lowest BCUT2D eigenvalue weighted by Crippen LogP contribution is -2.34. The normalized spacial score (nSPS) is 15.4. The fraction of sp³-hybridized carbons (Fsp3) is 0.353. The molecule has 5 heteroatoms. The molecule has 4 nitrogen and oxygen atoms in total. The van der Waals surface area contributed by atoms with Crippen molar-refractivity contribution in [2.45, 2.75) is 13.0 Å². The van der Waals surface area contributed by atoms with E-state index in [1.807, 2.05) is 46.7 Å².